The first kappa shape index (κ1) is 27.0. The Morgan fingerprint density at radius 3 is 2.76 bits per heavy atom. The van der Waals surface area contributed by atoms with Crippen LogP contribution >= 0.6 is 11.3 Å². The molecule has 0 bridgehead atoms. The largest absolute Gasteiger partial charge is 0.375 e. The highest BCUT2D eigenvalue weighted by atomic mass is 32.1. The van der Waals surface area contributed by atoms with E-state index in [1.165, 1.54) is 16.3 Å². The smallest absolute Gasteiger partial charge is 0.332 e. The number of urea groups is 1. The Hall–Kier alpha value is -4.22. The summed E-state index contributed by atoms with van der Waals surface area (Å²) >= 11 is 1.41. The quantitative estimate of drug-likeness (QED) is 0.450. The molecule has 3 N–H and O–H groups in total. The number of rotatable bonds is 7. The Morgan fingerprint density at radius 2 is 1.98 bits per heavy atom. The van der Waals surface area contributed by atoms with Gasteiger partial charge in [-0.15, -0.1) is 0 Å². The Kier molecular flexibility index (Phi) is 7.46. The number of hydrogen-bond acceptors (Lipinski definition) is 7. The zero-order valence-corrected chi connectivity index (χ0v) is 23.7. The molecule has 0 unspecified atom stereocenters. The number of hydrogen-bond donors (Lipinski definition) is 2. The number of fused-ring (bicyclic) bond motifs is 2. The molecule has 0 saturated carbocycles. The van der Waals surface area contributed by atoms with Crippen molar-refractivity contribution in [2.24, 2.45) is 0 Å². The van der Waals surface area contributed by atoms with E-state index >= 15 is 0 Å². The highest BCUT2D eigenvalue weighted by Gasteiger charge is 2.51. The first-order chi connectivity index (χ1) is 19.9. The van der Waals surface area contributed by atoms with Crippen LogP contribution in [0.25, 0.3) is 10.2 Å². The van der Waals surface area contributed by atoms with Gasteiger partial charge in [-0.05, 0) is 35.6 Å². The SMILES string of the molecule is CN(C(=O)NCC1=CCCC=C1)N1CC(=O)N2[C@@H](Cc3ccccc3)C(=O)N(Cc3cccc4sc(N)nc34)C[C@@H]21. The summed E-state index contributed by atoms with van der Waals surface area (Å²) in [5.74, 6) is -0.292. The van der Waals surface area contributed by atoms with Crippen LogP contribution in [0.15, 0.2) is 72.3 Å². The lowest BCUT2D eigenvalue weighted by atomic mass is 10.00. The Bertz CT molecular complexity index is 1540. The Balaban J connectivity index is 1.27. The minimum absolute atomic E-state index is 0.0157. The molecule has 11 heteroatoms. The summed E-state index contributed by atoms with van der Waals surface area (Å²) in [6.45, 7) is 1.02. The van der Waals surface area contributed by atoms with Crippen molar-refractivity contribution in [1.82, 2.24) is 30.1 Å². The number of benzene rings is 2. The lowest BCUT2D eigenvalue weighted by molar-refractivity contribution is -0.157. The third-order valence-corrected chi connectivity index (χ3v) is 8.76. The van der Waals surface area contributed by atoms with Crippen molar-refractivity contribution in [2.45, 2.75) is 38.0 Å². The van der Waals surface area contributed by atoms with Gasteiger partial charge in [-0.3, -0.25) is 14.6 Å². The third-order valence-electron chi connectivity index (χ3n) is 7.91. The van der Waals surface area contributed by atoms with Gasteiger partial charge in [0.15, 0.2) is 5.13 Å². The van der Waals surface area contributed by atoms with Crippen LogP contribution in [-0.2, 0) is 22.6 Å². The maximum atomic E-state index is 14.0. The fourth-order valence-corrected chi connectivity index (χ4v) is 6.63. The highest BCUT2D eigenvalue weighted by molar-refractivity contribution is 7.22. The second-order valence-electron chi connectivity index (χ2n) is 10.6. The lowest BCUT2D eigenvalue weighted by Gasteiger charge is -2.45. The molecule has 4 amide bonds. The second-order valence-corrected chi connectivity index (χ2v) is 11.6. The summed E-state index contributed by atoms with van der Waals surface area (Å²) in [5, 5.41) is 6.69. The molecule has 41 heavy (non-hydrogen) atoms. The van der Waals surface area contributed by atoms with Gasteiger partial charge in [0, 0.05) is 26.6 Å². The van der Waals surface area contributed by atoms with Gasteiger partial charge in [0.2, 0.25) is 11.8 Å². The first-order valence-electron chi connectivity index (χ1n) is 13.8. The van der Waals surface area contributed by atoms with Crippen molar-refractivity contribution < 1.29 is 14.4 Å². The highest BCUT2D eigenvalue weighted by Crippen LogP contribution is 2.32. The van der Waals surface area contributed by atoms with Gasteiger partial charge >= 0.3 is 6.03 Å². The second kappa shape index (κ2) is 11.3. The van der Waals surface area contributed by atoms with Gasteiger partial charge in [0.05, 0.1) is 23.3 Å². The number of aromatic nitrogens is 1. The number of para-hydroxylation sites is 1. The van der Waals surface area contributed by atoms with Crippen molar-refractivity contribution in [3.63, 3.8) is 0 Å². The summed E-state index contributed by atoms with van der Waals surface area (Å²) in [7, 11) is 1.67. The standard InChI is InChI=1S/C30H33N7O3S/c1-34(30(40)32-16-21-11-6-3-7-12-21)36-19-26(38)37-23(15-20-9-4-2-5-10-20)28(39)35(18-25(36)37)17-22-13-8-14-24-27(22)33-29(31)41-24/h2,4-6,8-14,23,25H,3,7,15-19H2,1H3,(H2,31,33)(H,32,40)/t23-,25+/m0/s1. The van der Waals surface area contributed by atoms with E-state index in [0.29, 0.717) is 24.6 Å². The molecule has 0 radical (unpaired) electrons. The summed E-state index contributed by atoms with van der Waals surface area (Å²) in [4.78, 5) is 48.6. The predicted octanol–water partition coefficient (Wildman–Crippen LogP) is 3.14. The van der Waals surface area contributed by atoms with Crippen LogP contribution in [0, 0.1) is 0 Å². The average molecular weight is 572 g/mol. The number of allylic oxidation sites excluding steroid dienone is 2. The molecule has 2 saturated heterocycles. The van der Waals surface area contributed by atoms with Gasteiger partial charge in [0.25, 0.3) is 0 Å². The van der Waals surface area contributed by atoms with Crippen molar-refractivity contribution in [3.8, 4) is 0 Å². The van der Waals surface area contributed by atoms with E-state index in [1.807, 2.05) is 54.6 Å². The summed E-state index contributed by atoms with van der Waals surface area (Å²) in [6, 6.07) is 14.6. The zero-order valence-electron chi connectivity index (χ0n) is 22.9. The molecular formula is C30H33N7O3S. The lowest BCUT2D eigenvalue weighted by Crippen LogP contribution is -2.65. The first-order valence-corrected chi connectivity index (χ1v) is 14.6. The van der Waals surface area contributed by atoms with Crippen LogP contribution in [0.1, 0.15) is 24.0 Å². The number of nitrogen functional groups attached to an aromatic ring is 1. The van der Waals surface area contributed by atoms with E-state index in [1.54, 1.807) is 21.9 Å². The zero-order chi connectivity index (χ0) is 28.5. The molecule has 3 heterocycles. The molecule has 2 fully saturated rings. The van der Waals surface area contributed by atoms with Gasteiger partial charge in [0.1, 0.15) is 12.2 Å². The molecule has 6 rings (SSSR count). The fourth-order valence-electron chi connectivity index (χ4n) is 5.85. The number of carbonyl (C=O) groups is 3. The van der Waals surface area contributed by atoms with Crippen LogP contribution in [0.3, 0.4) is 0 Å². The third kappa shape index (κ3) is 5.42. The molecule has 0 spiro atoms. The average Bonchev–Trinajstić information content (AvgIpc) is 3.53. The Labute approximate surface area is 242 Å². The van der Waals surface area contributed by atoms with E-state index in [2.05, 4.69) is 22.5 Å². The Morgan fingerprint density at radius 1 is 1.15 bits per heavy atom. The van der Waals surface area contributed by atoms with Crippen LogP contribution in [0.5, 0.6) is 0 Å². The number of nitrogens with zero attached hydrogens (tertiary/aromatic N) is 5. The van der Waals surface area contributed by atoms with Crippen LogP contribution in [-0.4, -0.2) is 81.5 Å². The molecule has 212 valence electrons. The maximum Gasteiger partial charge on any atom is 0.332 e. The molecule has 10 nitrogen and oxygen atoms in total. The van der Waals surface area contributed by atoms with Crippen molar-refractivity contribution in [2.75, 3.05) is 32.4 Å². The van der Waals surface area contributed by atoms with Gasteiger partial charge in [-0.1, -0.05) is 72.0 Å². The fraction of sp³-hybridized carbons (Fsp3) is 0.333. The molecule has 2 aromatic carbocycles. The van der Waals surface area contributed by atoms with E-state index in [4.69, 9.17) is 5.73 Å². The van der Waals surface area contributed by atoms with Crippen LogP contribution in [0.2, 0.25) is 0 Å². The number of carbonyl (C=O) groups excluding carboxylic acids is 3. The van der Waals surface area contributed by atoms with Crippen molar-refractivity contribution >= 4 is 44.5 Å². The molecular weight excluding hydrogens is 538 g/mol. The number of anilines is 1. The maximum absolute atomic E-state index is 14.0. The van der Waals surface area contributed by atoms with Gasteiger partial charge in [-0.25, -0.2) is 9.78 Å². The van der Waals surface area contributed by atoms with Crippen LogP contribution in [0.4, 0.5) is 9.93 Å². The minimum Gasteiger partial charge on any atom is -0.375 e. The van der Waals surface area contributed by atoms with Gasteiger partial charge < -0.3 is 20.9 Å². The van der Waals surface area contributed by atoms with E-state index < -0.39 is 12.2 Å². The molecule has 1 aromatic heterocycles. The van der Waals surface area contributed by atoms with Crippen molar-refractivity contribution in [3.05, 3.63) is 83.5 Å². The van der Waals surface area contributed by atoms with E-state index in [9.17, 15) is 14.4 Å². The number of hydrazine groups is 1. The number of nitrogens with one attached hydrogen (secondary N) is 1. The summed E-state index contributed by atoms with van der Waals surface area (Å²) in [5.41, 5.74) is 9.70. The molecule has 1 aliphatic carbocycles. The van der Waals surface area contributed by atoms with E-state index in [-0.39, 0.29) is 30.9 Å². The van der Waals surface area contributed by atoms with Crippen LogP contribution < -0.4 is 11.1 Å². The van der Waals surface area contributed by atoms with Crippen molar-refractivity contribution in [1.29, 1.82) is 0 Å². The van der Waals surface area contributed by atoms with Gasteiger partial charge in [-0.2, -0.15) is 5.01 Å². The number of nitrogens with two attached hydrogens (primary N) is 1. The molecule has 2 aliphatic heterocycles. The van der Waals surface area contributed by atoms with E-state index in [0.717, 1.165) is 39.8 Å². The predicted molar refractivity (Wildman–Crippen MR) is 158 cm³/mol. The topological polar surface area (TPSA) is 115 Å². The molecule has 3 aromatic rings. The number of amides is 4. The normalized spacial score (nSPS) is 20.9. The monoisotopic (exact) mass is 571 g/mol. The molecule has 3 aliphatic rings. The number of piperazine rings is 1. The summed E-state index contributed by atoms with van der Waals surface area (Å²) < 4.78 is 0.962. The number of thiazole rings is 1. The molecule has 2 atom stereocenters. The minimum atomic E-state index is -0.692. The summed E-state index contributed by atoms with van der Waals surface area (Å²) in [6.07, 6.45) is 8.12.